The highest BCUT2D eigenvalue weighted by Gasteiger charge is 2.63. The monoisotopic (exact) mass is 288 g/mol. The molecule has 2 aliphatic heterocycles. The van der Waals surface area contributed by atoms with E-state index in [4.69, 9.17) is 28.4 Å². The lowest BCUT2D eigenvalue weighted by molar-refractivity contribution is -0.186. The summed E-state index contributed by atoms with van der Waals surface area (Å²) in [5, 5.41) is 0. The molecule has 0 radical (unpaired) electrons. The van der Waals surface area contributed by atoms with Crippen LogP contribution in [0.25, 0.3) is 0 Å². The maximum absolute atomic E-state index is 6.00. The summed E-state index contributed by atoms with van der Waals surface area (Å²) in [5.74, 6) is -1.31. The molecule has 3 aliphatic rings. The summed E-state index contributed by atoms with van der Waals surface area (Å²) in [5.41, 5.74) is 0. The zero-order chi connectivity index (χ0) is 14.7. The highest BCUT2D eigenvalue weighted by atomic mass is 16.8. The van der Waals surface area contributed by atoms with E-state index >= 15 is 0 Å². The van der Waals surface area contributed by atoms with Crippen LogP contribution in [0.4, 0.5) is 0 Å². The summed E-state index contributed by atoms with van der Waals surface area (Å²) < 4.78 is 35.3. The molecule has 0 amide bonds. The minimum absolute atomic E-state index is 0.223. The Hall–Kier alpha value is -0.240. The van der Waals surface area contributed by atoms with E-state index in [9.17, 15) is 0 Å². The first-order valence-corrected chi connectivity index (χ1v) is 7.05. The Morgan fingerprint density at radius 1 is 0.600 bits per heavy atom. The summed E-state index contributed by atoms with van der Waals surface area (Å²) in [6.45, 7) is 7.58. The van der Waals surface area contributed by atoms with Gasteiger partial charge in [0.05, 0.1) is 0 Å². The predicted octanol–water partition coefficient (Wildman–Crippen LogP) is 1.07. The maximum Gasteiger partial charge on any atom is 0.164 e. The highest BCUT2D eigenvalue weighted by Crippen LogP contribution is 2.45. The molecule has 6 atom stereocenters. The van der Waals surface area contributed by atoms with E-state index in [1.807, 2.05) is 27.7 Å². The van der Waals surface area contributed by atoms with Crippen molar-refractivity contribution < 1.29 is 28.4 Å². The number of fused-ring (bicyclic) bond motifs is 2. The van der Waals surface area contributed by atoms with Gasteiger partial charge in [0.15, 0.2) is 11.6 Å². The molecule has 2 unspecified atom stereocenters. The molecule has 0 aromatic heterocycles. The molecule has 1 aliphatic carbocycles. The van der Waals surface area contributed by atoms with E-state index in [1.165, 1.54) is 0 Å². The van der Waals surface area contributed by atoms with Gasteiger partial charge in [0.2, 0.25) is 0 Å². The van der Waals surface area contributed by atoms with E-state index in [-0.39, 0.29) is 36.6 Å². The molecule has 0 bridgehead atoms. The zero-order valence-electron chi connectivity index (χ0n) is 12.9. The molecule has 0 aromatic carbocycles. The summed E-state index contributed by atoms with van der Waals surface area (Å²) in [6, 6.07) is 0. The number of methoxy groups -OCH3 is 2. The Morgan fingerprint density at radius 3 is 1.05 bits per heavy atom. The fourth-order valence-corrected chi connectivity index (χ4v) is 3.56. The van der Waals surface area contributed by atoms with Gasteiger partial charge in [-0.2, -0.15) is 0 Å². The zero-order valence-corrected chi connectivity index (χ0v) is 12.9. The van der Waals surface area contributed by atoms with Gasteiger partial charge in [-0.25, -0.2) is 0 Å². The van der Waals surface area contributed by atoms with Crippen molar-refractivity contribution >= 4 is 0 Å². The smallest absolute Gasteiger partial charge is 0.164 e. The third kappa shape index (κ3) is 2.19. The van der Waals surface area contributed by atoms with Crippen LogP contribution in [0.3, 0.4) is 0 Å². The maximum atomic E-state index is 6.00. The van der Waals surface area contributed by atoms with E-state index in [0.717, 1.165) is 0 Å². The molecular weight excluding hydrogens is 264 g/mol. The Bertz CT molecular complexity index is 318. The van der Waals surface area contributed by atoms with Gasteiger partial charge in [-0.15, -0.1) is 0 Å². The molecule has 20 heavy (non-hydrogen) atoms. The third-order valence-electron chi connectivity index (χ3n) is 4.17. The number of ether oxygens (including phenoxy) is 6. The van der Waals surface area contributed by atoms with Gasteiger partial charge in [-0.3, -0.25) is 0 Å². The van der Waals surface area contributed by atoms with Gasteiger partial charge in [0.1, 0.15) is 36.6 Å². The molecule has 0 N–H and O–H groups in total. The Balaban J connectivity index is 1.93. The first-order chi connectivity index (χ1) is 9.28. The quantitative estimate of drug-likeness (QED) is 0.757. The first kappa shape index (κ1) is 14.7. The number of rotatable bonds is 2. The Morgan fingerprint density at radius 2 is 0.850 bits per heavy atom. The molecule has 3 fully saturated rings. The molecule has 0 spiro atoms. The largest absolute Gasteiger partial charge is 0.376 e. The van der Waals surface area contributed by atoms with Crippen LogP contribution in [0, 0.1) is 0 Å². The van der Waals surface area contributed by atoms with Crippen LogP contribution in [0.5, 0.6) is 0 Å². The van der Waals surface area contributed by atoms with Crippen LogP contribution in [0.15, 0.2) is 0 Å². The van der Waals surface area contributed by atoms with Gasteiger partial charge in [0, 0.05) is 14.2 Å². The topological polar surface area (TPSA) is 55.4 Å². The van der Waals surface area contributed by atoms with Crippen molar-refractivity contribution in [1.29, 1.82) is 0 Å². The molecule has 6 nitrogen and oxygen atoms in total. The van der Waals surface area contributed by atoms with Crippen LogP contribution >= 0.6 is 0 Å². The Kier molecular flexibility index (Phi) is 3.40. The second-order valence-corrected chi connectivity index (χ2v) is 6.53. The lowest BCUT2D eigenvalue weighted by Crippen LogP contribution is -2.62. The third-order valence-corrected chi connectivity index (χ3v) is 4.17. The minimum atomic E-state index is -0.656. The second-order valence-electron chi connectivity index (χ2n) is 6.53. The molecule has 116 valence electrons. The summed E-state index contributed by atoms with van der Waals surface area (Å²) >= 11 is 0. The number of hydrogen-bond acceptors (Lipinski definition) is 6. The number of hydrogen-bond donors (Lipinski definition) is 0. The van der Waals surface area contributed by atoms with Crippen LogP contribution in [0.2, 0.25) is 0 Å². The van der Waals surface area contributed by atoms with Crippen molar-refractivity contribution in [3.8, 4) is 0 Å². The van der Waals surface area contributed by atoms with Crippen LogP contribution in [0.1, 0.15) is 27.7 Å². The molecule has 0 aromatic rings. The molecule has 1 saturated carbocycles. The average Bonchev–Trinajstić information content (AvgIpc) is 2.80. The lowest BCUT2D eigenvalue weighted by atomic mass is 9.85. The highest BCUT2D eigenvalue weighted by molar-refractivity contribution is 5.08. The van der Waals surface area contributed by atoms with E-state index in [2.05, 4.69) is 0 Å². The normalized spacial score (nSPS) is 48.9. The Labute approximate surface area is 119 Å². The molecular formula is C14H24O6. The predicted molar refractivity (Wildman–Crippen MR) is 69.2 cm³/mol. The lowest BCUT2D eigenvalue weighted by Gasteiger charge is -2.41. The standard InChI is InChI=1S/C14H24O6/c1-13(2)17-9-7(15-5)11-12(20-14(3,4)19-11)8(16-6)10(9)18-13/h7-12H,1-6H3/t7?,8?,9-,10-,11-,12+/m0/s1. The SMILES string of the molecule is COC1[C@H]2OC(C)(C)O[C@H]2C(OC)[C@@H]2OC(C)(C)O[C@@H]12. The van der Waals surface area contributed by atoms with Crippen LogP contribution < -0.4 is 0 Å². The van der Waals surface area contributed by atoms with E-state index in [1.54, 1.807) is 14.2 Å². The van der Waals surface area contributed by atoms with Crippen molar-refractivity contribution in [3.05, 3.63) is 0 Å². The van der Waals surface area contributed by atoms with Crippen molar-refractivity contribution in [2.75, 3.05) is 14.2 Å². The van der Waals surface area contributed by atoms with Gasteiger partial charge in [-0.05, 0) is 27.7 Å². The average molecular weight is 288 g/mol. The van der Waals surface area contributed by atoms with Crippen molar-refractivity contribution in [1.82, 2.24) is 0 Å². The summed E-state index contributed by atoms with van der Waals surface area (Å²) in [6.07, 6.45) is -1.37. The van der Waals surface area contributed by atoms with Crippen molar-refractivity contribution in [2.45, 2.75) is 75.9 Å². The molecule has 2 heterocycles. The van der Waals surface area contributed by atoms with Crippen molar-refractivity contribution in [2.24, 2.45) is 0 Å². The summed E-state index contributed by atoms with van der Waals surface area (Å²) in [4.78, 5) is 0. The van der Waals surface area contributed by atoms with Crippen molar-refractivity contribution in [3.63, 3.8) is 0 Å². The van der Waals surface area contributed by atoms with Crippen LogP contribution in [-0.2, 0) is 28.4 Å². The van der Waals surface area contributed by atoms with Gasteiger partial charge in [0.25, 0.3) is 0 Å². The fraction of sp³-hybridized carbons (Fsp3) is 1.00. The molecule has 2 saturated heterocycles. The first-order valence-electron chi connectivity index (χ1n) is 7.05. The van der Waals surface area contributed by atoms with E-state index in [0.29, 0.717) is 0 Å². The van der Waals surface area contributed by atoms with Crippen LogP contribution in [-0.4, -0.2) is 62.4 Å². The minimum Gasteiger partial charge on any atom is -0.376 e. The van der Waals surface area contributed by atoms with Gasteiger partial charge in [-0.1, -0.05) is 0 Å². The van der Waals surface area contributed by atoms with Gasteiger partial charge >= 0.3 is 0 Å². The second kappa shape index (κ2) is 4.63. The molecule has 6 heteroatoms. The van der Waals surface area contributed by atoms with E-state index < -0.39 is 11.6 Å². The molecule has 3 rings (SSSR count). The fourth-order valence-electron chi connectivity index (χ4n) is 3.56. The van der Waals surface area contributed by atoms with Gasteiger partial charge < -0.3 is 28.4 Å². The summed E-state index contributed by atoms with van der Waals surface area (Å²) in [7, 11) is 3.32.